The first-order valence-electron chi connectivity index (χ1n) is 11.1. The summed E-state index contributed by atoms with van der Waals surface area (Å²) in [5.74, 6) is 2.88. The van der Waals surface area contributed by atoms with Gasteiger partial charge in [0.15, 0.2) is 5.58 Å². The molecule has 8 heteroatoms. The average Bonchev–Trinajstić information content (AvgIpc) is 3.22. The molecule has 0 saturated carbocycles. The summed E-state index contributed by atoms with van der Waals surface area (Å²) in [6.07, 6.45) is 4.01. The number of hydrogen-bond donors (Lipinski definition) is 0. The van der Waals surface area contributed by atoms with Gasteiger partial charge in [-0.05, 0) is 38.3 Å². The number of piperidine rings is 1. The van der Waals surface area contributed by atoms with Crippen molar-refractivity contribution in [2.45, 2.75) is 32.6 Å². The lowest BCUT2D eigenvalue weighted by Crippen LogP contribution is -2.49. The first kappa shape index (κ1) is 19.8. The molecule has 0 radical (unpaired) electrons. The summed E-state index contributed by atoms with van der Waals surface area (Å²) in [4.78, 5) is 28.8. The maximum atomic E-state index is 12.9. The summed E-state index contributed by atoms with van der Waals surface area (Å²) in [5.41, 5.74) is 1.43. The number of carbonyl (C=O) groups excluding carboxylic acids is 1. The zero-order valence-electron chi connectivity index (χ0n) is 18.0. The molecule has 2 aromatic heterocycles. The van der Waals surface area contributed by atoms with E-state index < -0.39 is 0 Å². The van der Waals surface area contributed by atoms with Gasteiger partial charge in [-0.3, -0.25) is 4.79 Å². The van der Waals surface area contributed by atoms with Crippen LogP contribution in [0, 0.1) is 6.92 Å². The van der Waals surface area contributed by atoms with Crippen LogP contribution in [-0.2, 0) is 11.2 Å². The van der Waals surface area contributed by atoms with Crippen LogP contribution in [0.25, 0.3) is 11.0 Å². The molecule has 2 saturated heterocycles. The van der Waals surface area contributed by atoms with Crippen LogP contribution in [0.15, 0.2) is 34.9 Å². The number of amides is 1. The van der Waals surface area contributed by atoms with E-state index in [0.717, 1.165) is 54.6 Å². The Bertz CT molecular complexity index is 1070. The molecule has 3 aromatic rings. The largest absolute Gasteiger partial charge is 0.356 e. The van der Waals surface area contributed by atoms with Crippen LogP contribution in [0.1, 0.15) is 30.8 Å². The van der Waals surface area contributed by atoms with Gasteiger partial charge in [-0.25, -0.2) is 9.97 Å². The van der Waals surface area contributed by atoms with Gasteiger partial charge in [0.2, 0.25) is 5.91 Å². The van der Waals surface area contributed by atoms with E-state index in [2.05, 4.69) is 31.0 Å². The molecule has 0 spiro atoms. The zero-order chi connectivity index (χ0) is 21.2. The second kappa shape index (κ2) is 8.53. The molecule has 0 unspecified atom stereocenters. The fourth-order valence-electron chi connectivity index (χ4n) is 4.49. The number of carbonyl (C=O) groups is 1. The molecule has 1 amide bonds. The molecule has 31 heavy (non-hydrogen) atoms. The minimum absolute atomic E-state index is 0.0894. The van der Waals surface area contributed by atoms with E-state index in [-0.39, 0.29) is 12.3 Å². The van der Waals surface area contributed by atoms with Crippen molar-refractivity contribution in [3.8, 4) is 0 Å². The van der Waals surface area contributed by atoms with Crippen LogP contribution in [0.5, 0.6) is 0 Å². The summed E-state index contributed by atoms with van der Waals surface area (Å²) in [6, 6.07) is 9.77. The molecule has 2 aliphatic rings. The highest BCUT2D eigenvalue weighted by molar-refractivity contribution is 5.86. The van der Waals surface area contributed by atoms with Crippen molar-refractivity contribution in [3.05, 3.63) is 41.9 Å². The average molecular weight is 421 g/mol. The fourth-order valence-corrected chi connectivity index (χ4v) is 4.49. The Balaban J connectivity index is 1.23. The first-order chi connectivity index (χ1) is 15.2. The summed E-state index contributed by atoms with van der Waals surface area (Å²) in [5, 5.41) is 5.02. The Hall–Kier alpha value is -3.16. The normalized spacial score (nSPS) is 17.4. The van der Waals surface area contributed by atoms with Gasteiger partial charge in [0.1, 0.15) is 23.2 Å². The number of nitrogens with zero attached hydrogens (tertiary/aromatic N) is 6. The number of para-hydroxylation sites is 1. The predicted molar refractivity (Wildman–Crippen MR) is 119 cm³/mol. The van der Waals surface area contributed by atoms with Gasteiger partial charge in [0.05, 0.1) is 6.42 Å². The molecule has 2 aliphatic heterocycles. The second-order valence-electron chi connectivity index (χ2n) is 8.35. The monoisotopic (exact) mass is 420 g/mol. The van der Waals surface area contributed by atoms with Crippen molar-refractivity contribution in [2.24, 2.45) is 0 Å². The highest BCUT2D eigenvalue weighted by Gasteiger charge is 2.24. The van der Waals surface area contributed by atoms with E-state index in [9.17, 15) is 4.79 Å². The highest BCUT2D eigenvalue weighted by Crippen LogP contribution is 2.24. The standard InChI is InChI=1S/C23H28N6O2/c1-17-24-21(27-9-5-2-6-10-27)16-22(25-17)28-11-13-29(14-12-28)23(30)15-19-18-7-3-4-8-20(18)31-26-19/h3-4,7-8,16H,2,5-6,9-15H2,1H3. The van der Waals surface area contributed by atoms with Crippen LogP contribution in [0.3, 0.4) is 0 Å². The van der Waals surface area contributed by atoms with Crippen molar-refractivity contribution in [1.82, 2.24) is 20.0 Å². The SMILES string of the molecule is Cc1nc(N2CCCCC2)cc(N2CCN(C(=O)Cc3noc4ccccc34)CC2)n1. The zero-order valence-corrected chi connectivity index (χ0v) is 18.0. The van der Waals surface area contributed by atoms with Gasteiger partial charge < -0.3 is 19.2 Å². The molecule has 8 nitrogen and oxygen atoms in total. The number of fused-ring (bicyclic) bond motifs is 1. The quantitative estimate of drug-likeness (QED) is 0.642. The van der Waals surface area contributed by atoms with Crippen LogP contribution >= 0.6 is 0 Å². The van der Waals surface area contributed by atoms with E-state index in [0.29, 0.717) is 18.8 Å². The minimum atomic E-state index is 0.0894. The molecule has 162 valence electrons. The van der Waals surface area contributed by atoms with Crippen LogP contribution < -0.4 is 9.80 Å². The molecule has 0 atom stereocenters. The van der Waals surface area contributed by atoms with Crippen molar-refractivity contribution in [2.75, 3.05) is 49.1 Å². The predicted octanol–water partition coefficient (Wildman–Crippen LogP) is 2.81. The molecule has 5 rings (SSSR count). The lowest BCUT2D eigenvalue weighted by Gasteiger charge is -2.36. The van der Waals surface area contributed by atoms with E-state index in [1.807, 2.05) is 36.1 Å². The number of piperazine rings is 1. The van der Waals surface area contributed by atoms with E-state index in [1.165, 1.54) is 19.3 Å². The lowest BCUT2D eigenvalue weighted by molar-refractivity contribution is -0.130. The fraction of sp³-hybridized carbons (Fsp3) is 0.478. The molecular weight excluding hydrogens is 392 g/mol. The van der Waals surface area contributed by atoms with Crippen molar-refractivity contribution in [1.29, 1.82) is 0 Å². The minimum Gasteiger partial charge on any atom is -0.356 e. The summed E-state index contributed by atoms with van der Waals surface area (Å²) in [7, 11) is 0. The maximum absolute atomic E-state index is 12.9. The second-order valence-corrected chi connectivity index (χ2v) is 8.35. The molecule has 0 bridgehead atoms. The molecule has 2 fully saturated rings. The molecule has 4 heterocycles. The number of aryl methyl sites for hydroxylation is 1. The number of anilines is 2. The topological polar surface area (TPSA) is 78.6 Å². The van der Waals surface area contributed by atoms with E-state index in [1.54, 1.807) is 0 Å². The van der Waals surface area contributed by atoms with E-state index in [4.69, 9.17) is 4.52 Å². The Morgan fingerprint density at radius 3 is 2.35 bits per heavy atom. The number of benzene rings is 1. The van der Waals surface area contributed by atoms with Gasteiger partial charge in [0, 0.05) is 50.7 Å². The molecule has 0 aliphatic carbocycles. The van der Waals surface area contributed by atoms with Gasteiger partial charge in [-0.15, -0.1) is 0 Å². The molecular formula is C23H28N6O2. The van der Waals surface area contributed by atoms with Gasteiger partial charge in [0.25, 0.3) is 0 Å². The van der Waals surface area contributed by atoms with Crippen molar-refractivity contribution >= 4 is 28.5 Å². The van der Waals surface area contributed by atoms with Crippen LogP contribution in [-0.4, -0.2) is 65.2 Å². The third-order valence-electron chi connectivity index (χ3n) is 6.22. The summed E-state index contributed by atoms with van der Waals surface area (Å²) < 4.78 is 5.34. The summed E-state index contributed by atoms with van der Waals surface area (Å²) in [6.45, 7) is 6.97. The molecule has 0 N–H and O–H groups in total. The lowest BCUT2D eigenvalue weighted by atomic mass is 10.1. The van der Waals surface area contributed by atoms with Crippen molar-refractivity contribution in [3.63, 3.8) is 0 Å². The van der Waals surface area contributed by atoms with Crippen LogP contribution in [0.2, 0.25) is 0 Å². The van der Waals surface area contributed by atoms with Gasteiger partial charge >= 0.3 is 0 Å². The number of hydrogen-bond acceptors (Lipinski definition) is 7. The Labute approximate surface area is 181 Å². The Kier molecular flexibility index (Phi) is 5.44. The third kappa shape index (κ3) is 4.19. The number of aromatic nitrogens is 3. The Morgan fingerprint density at radius 1 is 0.935 bits per heavy atom. The Morgan fingerprint density at radius 2 is 1.61 bits per heavy atom. The van der Waals surface area contributed by atoms with Gasteiger partial charge in [-0.1, -0.05) is 17.3 Å². The van der Waals surface area contributed by atoms with Gasteiger partial charge in [-0.2, -0.15) is 0 Å². The highest BCUT2D eigenvalue weighted by atomic mass is 16.5. The third-order valence-corrected chi connectivity index (χ3v) is 6.22. The summed E-state index contributed by atoms with van der Waals surface area (Å²) >= 11 is 0. The molecule has 1 aromatic carbocycles. The van der Waals surface area contributed by atoms with Crippen LogP contribution in [0.4, 0.5) is 11.6 Å². The maximum Gasteiger partial charge on any atom is 0.228 e. The first-order valence-corrected chi connectivity index (χ1v) is 11.1. The number of rotatable bonds is 4. The van der Waals surface area contributed by atoms with E-state index >= 15 is 0 Å². The van der Waals surface area contributed by atoms with Crippen molar-refractivity contribution < 1.29 is 9.32 Å². The smallest absolute Gasteiger partial charge is 0.228 e.